The van der Waals surface area contributed by atoms with Gasteiger partial charge in [0.05, 0.1) is 6.54 Å². The van der Waals surface area contributed by atoms with Crippen LogP contribution in [0.5, 0.6) is 0 Å². The van der Waals surface area contributed by atoms with Crippen molar-refractivity contribution in [3.63, 3.8) is 0 Å². The van der Waals surface area contributed by atoms with Gasteiger partial charge in [0.1, 0.15) is 5.76 Å². The molecule has 0 saturated carbocycles. The third-order valence-corrected chi connectivity index (χ3v) is 5.54. The Balaban J connectivity index is 2.06. The number of rotatable bonds is 4. The largest absolute Gasteiger partial charge is 0.447 e. The van der Waals surface area contributed by atoms with Gasteiger partial charge in [-0.2, -0.15) is 4.31 Å². The molecule has 1 aliphatic heterocycles. The molecule has 1 aliphatic rings. The molecular weight excluding hydrogens is 288 g/mol. The summed E-state index contributed by atoms with van der Waals surface area (Å²) in [5.41, 5.74) is -0.0329. The van der Waals surface area contributed by atoms with Crippen molar-refractivity contribution in [3.8, 4) is 0 Å². The zero-order valence-electron chi connectivity index (χ0n) is 13.3. The number of hydrogen-bond donors (Lipinski definition) is 1. The van der Waals surface area contributed by atoms with Crippen LogP contribution in [-0.2, 0) is 16.6 Å². The Morgan fingerprint density at radius 3 is 2.48 bits per heavy atom. The summed E-state index contributed by atoms with van der Waals surface area (Å²) in [6.07, 6.45) is 1.83. The van der Waals surface area contributed by atoms with Crippen molar-refractivity contribution in [3.05, 3.63) is 17.9 Å². The van der Waals surface area contributed by atoms with Gasteiger partial charge in [-0.15, -0.1) is 0 Å². The van der Waals surface area contributed by atoms with E-state index in [2.05, 4.69) is 33.0 Å². The Kier molecular flexibility index (Phi) is 4.80. The molecular formula is C15H26N2O3S. The van der Waals surface area contributed by atoms with Gasteiger partial charge in [0.25, 0.3) is 10.0 Å². The van der Waals surface area contributed by atoms with Crippen LogP contribution >= 0.6 is 0 Å². The SMILES string of the molecule is CC1CCN(S(=O)(=O)c2ccc(CNC(C)(C)C)o2)CC1. The van der Waals surface area contributed by atoms with Gasteiger partial charge in [-0.3, -0.25) is 0 Å². The highest BCUT2D eigenvalue weighted by molar-refractivity contribution is 7.89. The van der Waals surface area contributed by atoms with Crippen LogP contribution in [0.25, 0.3) is 0 Å². The lowest BCUT2D eigenvalue weighted by Crippen LogP contribution is -2.37. The van der Waals surface area contributed by atoms with Crippen LogP contribution in [0.15, 0.2) is 21.6 Å². The molecule has 120 valence electrons. The van der Waals surface area contributed by atoms with Crippen LogP contribution in [0.4, 0.5) is 0 Å². The predicted octanol–water partition coefficient (Wildman–Crippen LogP) is 2.59. The van der Waals surface area contributed by atoms with Gasteiger partial charge in [-0.1, -0.05) is 6.92 Å². The van der Waals surface area contributed by atoms with E-state index in [1.807, 2.05) is 0 Å². The third-order valence-electron chi connectivity index (χ3n) is 3.77. The smallest absolute Gasteiger partial charge is 0.276 e. The monoisotopic (exact) mass is 314 g/mol. The highest BCUT2D eigenvalue weighted by Gasteiger charge is 2.30. The molecule has 0 bridgehead atoms. The van der Waals surface area contributed by atoms with Crippen molar-refractivity contribution in [1.82, 2.24) is 9.62 Å². The van der Waals surface area contributed by atoms with Crippen LogP contribution < -0.4 is 5.32 Å². The molecule has 5 nitrogen and oxygen atoms in total. The lowest BCUT2D eigenvalue weighted by Gasteiger charge is -2.28. The molecule has 2 heterocycles. The van der Waals surface area contributed by atoms with Crippen LogP contribution in [0.3, 0.4) is 0 Å². The fraction of sp³-hybridized carbons (Fsp3) is 0.733. The Bertz CT molecular complexity index is 564. The number of piperidine rings is 1. The molecule has 6 heteroatoms. The van der Waals surface area contributed by atoms with Gasteiger partial charge in [0.2, 0.25) is 5.09 Å². The maximum Gasteiger partial charge on any atom is 0.276 e. The quantitative estimate of drug-likeness (QED) is 0.928. The first-order valence-electron chi connectivity index (χ1n) is 7.52. The average Bonchev–Trinajstić information content (AvgIpc) is 2.85. The predicted molar refractivity (Wildman–Crippen MR) is 82.5 cm³/mol. The summed E-state index contributed by atoms with van der Waals surface area (Å²) in [6, 6.07) is 3.30. The normalized spacial score (nSPS) is 19.0. The van der Waals surface area contributed by atoms with Gasteiger partial charge >= 0.3 is 0 Å². The molecule has 0 atom stereocenters. The maximum absolute atomic E-state index is 12.5. The van der Waals surface area contributed by atoms with Gasteiger partial charge in [-0.25, -0.2) is 8.42 Å². The second kappa shape index (κ2) is 6.10. The second-order valence-electron chi connectivity index (χ2n) is 6.91. The summed E-state index contributed by atoms with van der Waals surface area (Å²) in [5.74, 6) is 1.24. The van der Waals surface area contributed by atoms with Crippen molar-refractivity contribution in [2.24, 2.45) is 5.92 Å². The van der Waals surface area contributed by atoms with Gasteiger partial charge in [-0.05, 0) is 51.7 Å². The van der Waals surface area contributed by atoms with E-state index in [4.69, 9.17) is 4.42 Å². The molecule has 1 aromatic heterocycles. The van der Waals surface area contributed by atoms with Crippen molar-refractivity contribution in [1.29, 1.82) is 0 Å². The number of hydrogen-bond acceptors (Lipinski definition) is 4. The van der Waals surface area contributed by atoms with E-state index in [1.54, 1.807) is 12.1 Å². The lowest BCUT2D eigenvalue weighted by molar-refractivity contribution is 0.278. The Hall–Kier alpha value is -0.850. The number of furan rings is 1. The molecule has 1 fully saturated rings. The molecule has 1 N–H and O–H groups in total. The summed E-state index contributed by atoms with van der Waals surface area (Å²) in [4.78, 5) is 0. The van der Waals surface area contributed by atoms with Gasteiger partial charge in [0.15, 0.2) is 0 Å². The first-order valence-corrected chi connectivity index (χ1v) is 8.96. The second-order valence-corrected chi connectivity index (χ2v) is 8.78. The summed E-state index contributed by atoms with van der Waals surface area (Å²) in [5, 5.41) is 3.34. The van der Waals surface area contributed by atoms with E-state index in [0.717, 1.165) is 12.8 Å². The summed E-state index contributed by atoms with van der Waals surface area (Å²) >= 11 is 0. The molecule has 1 aromatic rings. The minimum absolute atomic E-state index is 0.0329. The van der Waals surface area contributed by atoms with E-state index >= 15 is 0 Å². The molecule has 0 unspecified atom stereocenters. The van der Waals surface area contributed by atoms with Gasteiger partial charge < -0.3 is 9.73 Å². The fourth-order valence-electron chi connectivity index (χ4n) is 2.30. The van der Waals surface area contributed by atoms with E-state index in [1.165, 1.54) is 4.31 Å². The van der Waals surface area contributed by atoms with Crippen LogP contribution in [0.2, 0.25) is 0 Å². The number of nitrogens with one attached hydrogen (secondary N) is 1. The molecule has 1 saturated heterocycles. The van der Waals surface area contributed by atoms with E-state index < -0.39 is 10.0 Å². The van der Waals surface area contributed by atoms with E-state index in [0.29, 0.717) is 31.3 Å². The molecule has 2 rings (SSSR count). The van der Waals surface area contributed by atoms with Crippen molar-refractivity contribution < 1.29 is 12.8 Å². The number of sulfonamides is 1. The highest BCUT2D eigenvalue weighted by atomic mass is 32.2. The first kappa shape index (κ1) is 16.5. The third kappa shape index (κ3) is 4.31. The summed E-state index contributed by atoms with van der Waals surface area (Å²) in [7, 11) is -3.48. The van der Waals surface area contributed by atoms with E-state index in [-0.39, 0.29) is 10.6 Å². The van der Waals surface area contributed by atoms with E-state index in [9.17, 15) is 8.42 Å². The van der Waals surface area contributed by atoms with Gasteiger partial charge in [0, 0.05) is 18.6 Å². The molecule has 0 radical (unpaired) electrons. The summed E-state index contributed by atoms with van der Waals surface area (Å²) in [6.45, 7) is 10.0. The van der Waals surface area contributed by atoms with Crippen molar-refractivity contribution in [2.75, 3.05) is 13.1 Å². The Morgan fingerprint density at radius 2 is 1.90 bits per heavy atom. The standard InChI is InChI=1S/C15H26N2O3S/c1-12-7-9-17(10-8-12)21(18,19)14-6-5-13(20-14)11-16-15(2,3)4/h5-6,12,16H,7-11H2,1-4H3. The summed E-state index contributed by atoms with van der Waals surface area (Å²) < 4.78 is 32.1. The Morgan fingerprint density at radius 1 is 1.29 bits per heavy atom. The molecule has 0 aliphatic carbocycles. The maximum atomic E-state index is 12.5. The highest BCUT2D eigenvalue weighted by Crippen LogP contribution is 2.24. The molecule has 0 aromatic carbocycles. The molecule has 0 spiro atoms. The fourth-order valence-corrected chi connectivity index (χ4v) is 3.70. The van der Waals surface area contributed by atoms with Crippen molar-refractivity contribution >= 4 is 10.0 Å². The Labute approximate surface area is 127 Å². The molecule has 0 amide bonds. The zero-order chi connectivity index (χ0) is 15.7. The minimum Gasteiger partial charge on any atom is -0.447 e. The minimum atomic E-state index is -3.48. The average molecular weight is 314 g/mol. The number of nitrogens with zero attached hydrogens (tertiary/aromatic N) is 1. The topological polar surface area (TPSA) is 62.6 Å². The zero-order valence-corrected chi connectivity index (χ0v) is 14.2. The first-order chi connectivity index (χ1) is 9.68. The molecule has 21 heavy (non-hydrogen) atoms. The van der Waals surface area contributed by atoms with Crippen LogP contribution in [0, 0.1) is 5.92 Å². The van der Waals surface area contributed by atoms with Crippen LogP contribution in [-0.4, -0.2) is 31.4 Å². The van der Waals surface area contributed by atoms with Crippen molar-refractivity contribution in [2.45, 2.75) is 57.7 Å². The van der Waals surface area contributed by atoms with Crippen LogP contribution in [0.1, 0.15) is 46.3 Å². The lowest BCUT2D eigenvalue weighted by atomic mass is 10.0.